The average molecular weight is 568 g/mol. The topological polar surface area (TPSA) is 9.86 Å². The number of para-hydroxylation sites is 3. The summed E-state index contributed by atoms with van der Waals surface area (Å²) in [5.74, 6) is 0. The van der Waals surface area contributed by atoms with Crippen LogP contribution in [0.25, 0.3) is 77.2 Å². The summed E-state index contributed by atoms with van der Waals surface area (Å²) in [7, 11) is 0. The van der Waals surface area contributed by atoms with Gasteiger partial charge in [-0.25, -0.2) is 0 Å². The van der Waals surface area contributed by atoms with Crippen molar-refractivity contribution in [3.63, 3.8) is 0 Å². The van der Waals surface area contributed by atoms with Crippen molar-refractivity contribution in [1.82, 2.24) is 9.13 Å². The summed E-state index contributed by atoms with van der Waals surface area (Å²) < 4.78 is 66.9. The molecule has 2 aromatic heterocycles. The maximum absolute atomic E-state index is 9.62. The quantitative estimate of drug-likeness (QED) is 0.200. The van der Waals surface area contributed by atoms with Gasteiger partial charge in [-0.1, -0.05) is 109 Å². The second-order valence-electron chi connectivity index (χ2n) is 10.9. The van der Waals surface area contributed by atoms with Gasteiger partial charge in [-0.2, -0.15) is 0 Å². The van der Waals surface area contributed by atoms with Crippen LogP contribution < -0.4 is 0 Å². The van der Waals surface area contributed by atoms with E-state index in [0.29, 0.717) is 11.3 Å². The van der Waals surface area contributed by atoms with Crippen LogP contribution in [0.4, 0.5) is 0 Å². The van der Waals surface area contributed by atoms with Crippen LogP contribution in [0.2, 0.25) is 0 Å². The van der Waals surface area contributed by atoms with Crippen molar-refractivity contribution in [3.05, 3.63) is 170 Å². The van der Waals surface area contributed by atoms with Gasteiger partial charge in [0.25, 0.3) is 0 Å². The molecule has 7 aromatic carbocycles. The van der Waals surface area contributed by atoms with Gasteiger partial charge in [-0.15, -0.1) is 0 Å². The zero-order valence-electron chi connectivity index (χ0n) is 30.5. The molecule has 9 rings (SSSR count). The van der Waals surface area contributed by atoms with Gasteiger partial charge in [-0.05, 0) is 82.8 Å². The molecule has 0 N–H and O–H groups in total. The fraction of sp³-hybridized carbons (Fsp3) is 0. The first-order valence-electron chi connectivity index (χ1n) is 18.0. The molecule has 2 heterocycles. The Kier molecular flexibility index (Phi) is 4.17. The van der Waals surface area contributed by atoms with Crippen molar-refractivity contribution in [3.8, 4) is 33.6 Å². The summed E-state index contributed by atoms with van der Waals surface area (Å²) >= 11 is 0. The van der Waals surface area contributed by atoms with Crippen LogP contribution in [0.3, 0.4) is 0 Å². The lowest BCUT2D eigenvalue weighted by Gasteiger charge is -2.09. The van der Waals surface area contributed by atoms with Gasteiger partial charge in [0.1, 0.15) is 0 Å². The van der Waals surface area contributed by atoms with E-state index in [4.69, 9.17) is 5.48 Å². The predicted octanol–water partition coefficient (Wildman–Crippen LogP) is 11.2. The smallest absolute Gasteiger partial charge is 0.0645 e. The van der Waals surface area contributed by atoms with Crippen molar-refractivity contribution in [1.29, 1.82) is 0 Å². The maximum atomic E-state index is 9.62. The summed E-state index contributed by atoms with van der Waals surface area (Å²) in [6, 6.07) is 39.9. The standard InChI is InChI=1S/C42H28N2/c1-4-12-29(13-5-1)32-20-23-36-38-27-31(22-25-41(38)44(42(36)28-32)34-16-8-3-9-17-34)30-21-24-40-37(26-30)35-18-10-11-19-39(35)43(40)33-14-6-2-7-15-33/h1-28H/i10D,11D,18D,19D,21D,24D,26D. The number of benzene rings is 7. The molecular formula is C42H28N2. The molecule has 0 aliphatic carbocycles. The number of nitrogens with zero attached hydrogens (tertiary/aromatic N) is 2. The van der Waals surface area contributed by atoms with E-state index >= 15 is 0 Å². The van der Waals surface area contributed by atoms with E-state index in [1.54, 1.807) is 16.7 Å². The molecule has 0 amide bonds. The third kappa shape index (κ3) is 3.82. The zero-order chi connectivity index (χ0) is 35.1. The minimum atomic E-state index is -0.410. The Labute approximate surface area is 265 Å². The third-order valence-corrected chi connectivity index (χ3v) is 8.35. The van der Waals surface area contributed by atoms with Gasteiger partial charge in [0, 0.05) is 32.9 Å². The monoisotopic (exact) mass is 567 g/mol. The molecule has 0 bridgehead atoms. The lowest BCUT2D eigenvalue weighted by molar-refractivity contribution is 1.18. The van der Waals surface area contributed by atoms with Gasteiger partial charge in [0.15, 0.2) is 0 Å². The summed E-state index contributed by atoms with van der Waals surface area (Å²) in [6.45, 7) is 0. The minimum absolute atomic E-state index is 0.0618. The molecule has 9 aromatic rings. The SMILES string of the molecule is [2H]c1c([2H])c([2H])c2c(c1[2H])c1c([2H])c(-c3ccc4c(c3)c3ccc(-c5ccccc5)cc3n4-c3ccccc3)c([2H])c([2H])c1n2-c1ccccc1. The first-order chi connectivity index (χ1) is 24.8. The molecule has 0 saturated heterocycles. The fourth-order valence-electron chi connectivity index (χ4n) is 6.34. The van der Waals surface area contributed by atoms with Gasteiger partial charge in [0.05, 0.1) is 31.7 Å². The lowest BCUT2D eigenvalue weighted by atomic mass is 9.99. The van der Waals surface area contributed by atoms with E-state index in [-0.39, 0.29) is 57.6 Å². The molecule has 0 unspecified atom stereocenters. The molecule has 0 fully saturated rings. The Bertz CT molecular complexity index is 2860. The lowest BCUT2D eigenvalue weighted by Crippen LogP contribution is -1.93. The summed E-state index contributed by atoms with van der Waals surface area (Å²) in [4.78, 5) is 0. The molecule has 44 heavy (non-hydrogen) atoms. The Hall–Kier alpha value is -5.86. The molecule has 2 heteroatoms. The summed E-state index contributed by atoms with van der Waals surface area (Å²) in [6.07, 6.45) is 0. The summed E-state index contributed by atoms with van der Waals surface area (Å²) in [5.41, 5.74) is 6.90. The molecule has 0 aliphatic heterocycles. The Morgan fingerprint density at radius 3 is 1.73 bits per heavy atom. The van der Waals surface area contributed by atoms with Crippen molar-refractivity contribution in [2.24, 2.45) is 0 Å². The predicted molar refractivity (Wildman–Crippen MR) is 186 cm³/mol. The van der Waals surface area contributed by atoms with E-state index in [2.05, 4.69) is 47.0 Å². The number of hydrogen-bond donors (Lipinski definition) is 0. The minimum Gasteiger partial charge on any atom is -0.309 e. The Morgan fingerprint density at radius 2 is 0.977 bits per heavy atom. The number of aromatic nitrogens is 2. The second-order valence-corrected chi connectivity index (χ2v) is 10.9. The first kappa shape index (κ1) is 18.6. The van der Waals surface area contributed by atoms with Gasteiger partial charge >= 0.3 is 0 Å². The van der Waals surface area contributed by atoms with Crippen LogP contribution in [0, 0.1) is 0 Å². The van der Waals surface area contributed by atoms with Crippen molar-refractivity contribution in [2.45, 2.75) is 0 Å². The molecule has 2 nitrogen and oxygen atoms in total. The molecule has 0 spiro atoms. The highest BCUT2D eigenvalue weighted by atomic mass is 15.0. The highest BCUT2D eigenvalue weighted by Gasteiger charge is 2.16. The average Bonchev–Trinajstić information content (AvgIpc) is 3.70. The first-order valence-corrected chi connectivity index (χ1v) is 14.5. The zero-order valence-corrected chi connectivity index (χ0v) is 23.5. The van der Waals surface area contributed by atoms with Crippen LogP contribution >= 0.6 is 0 Å². The highest BCUT2D eigenvalue weighted by Crippen LogP contribution is 2.39. The van der Waals surface area contributed by atoms with Crippen molar-refractivity contribution >= 4 is 43.6 Å². The van der Waals surface area contributed by atoms with Crippen LogP contribution in [0.5, 0.6) is 0 Å². The van der Waals surface area contributed by atoms with Crippen LogP contribution in [0.1, 0.15) is 9.60 Å². The van der Waals surface area contributed by atoms with Crippen molar-refractivity contribution in [2.75, 3.05) is 0 Å². The second kappa shape index (κ2) is 9.86. The van der Waals surface area contributed by atoms with E-state index < -0.39 is 12.1 Å². The maximum Gasteiger partial charge on any atom is 0.0645 e. The van der Waals surface area contributed by atoms with E-state index in [0.717, 1.165) is 38.6 Å². The number of fused-ring (bicyclic) bond motifs is 6. The molecule has 0 aliphatic rings. The number of hydrogen-bond acceptors (Lipinski definition) is 0. The fourth-order valence-corrected chi connectivity index (χ4v) is 6.34. The number of rotatable bonds is 4. The van der Waals surface area contributed by atoms with Gasteiger partial charge < -0.3 is 9.13 Å². The van der Waals surface area contributed by atoms with E-state index in [9.17, 15) is 4.11 Å². The van der Waals surface area contributed by atoms with E-state index in [1.807, 2.05) is 72.8 Å². The Balaban J connectivity index is 1.37. The highest BCUT2D eigenvalue weighted by molar-refractivity contribution is 6.13. The Morgan fingerprint density at radius 1 is 0.364 bits per heavy atom. The van der Waals surface area contributed by atoms with Crippen LogP contribution in [0.15, 0.2) is 170 Å². The molecule has 0 atom stereocenters. The molecule has 0 radical (unpaired) electrons. The molecule has 0 saturated carbocycles. The molecular weight excluding hydrogens is 532 g/mol. The van der Waals surface area contributed by atoms with Crippen LogP contribution in [-0.4, -0.2) is 9.13 Å². The van der Waals surface area contributed by atoms with E-state index in [1.165, 1.54) is 0 Å². The van der Waals surface area contributed by atoms with Gasteiger partial charge in [0.2, 0.25) is 0 Å². The normalized spacial score (nSPS) is 13.9. The van der Waals surface area contributed by atoms with Crippen LogP contribution in [-0.2, 0) is 0 Å². The van der Waals surface area contributed by atoms with Crippen molar-refractivity contribution < 1.29 is 9.60 Å². The summed E-state index contributed by atoms with van der Waals surface area (Å²) in [5, 5.41) is 2.30. The van der Waals surface area contributed by atoms with Gasteiger partial charge in [-0.3, -0.25) is 0 Å². The molecule has 206 valence electrons. The largest absolute Gasteiger partial charge is 0.309 e. The third-order valence-electron chi connectivity index (χ3n) is 8.35.